The highest BCUT2D eigenvalue weighted by Gasteiger charge is 2.23. The van der Waals surface area contributed by atoms with Gasteiger partial charge in [-0.2, -0.15) is 5.10 Å². The third-order valence-electron chi connectivity index (χ3n) is 4.95. The summed E-state index contributed by atoms with van der Waals surface area (Å²) in [7, 11) is 1.55. The molecule has 1 unspecified atom stereocenters. The highest BCUT2D eigenvalue weighted by Crippen LogP contribution is 2.29. The average Bonchev–Trinajstić information content (AvgIpc) is 2.68. The summed E-state index contributed by atoms with van der Waals surface area (Å²) in [5, 5.41) is 7.63. The number of carbonyl (C=O) groups is 1. The molecule has 1 aromatic carbocycles. The van der Waals surface area contributed by atoms with E-state index in [9.17, 15) is 9.59 Å². The molecule has 3 rings (SSSR count). The predicted octanol–water partition coefficient (Wildman–Crippen LogP) is 3.17. The average molecular weight is 405 g/mol. The van der Waals surface area contributed by atoms with E-state index in [0.29, 0.717) is 29.4 Å². The summed E-state index contributed by atoms with van der Waals surface area (Å²) in [5.74, 6) is 0.699. The molecule has 7 nitrogen and oxygen atoms in total. The van der Waals surface area contributed by atoms with Crippen LogP contribution in [0.2, 0.25) is 5.02 Å². The Labute approximate surface area is 169 Å². The molecule has 150 valence electrons. The van der Waals surface area contributed by atoms with E-state index in [1.54, 1.807) is 37.6 Å². The van der Waals surface area contributed by atoms with Crippen molar-refractivity contribution in [2.24, 2.45) is 5.92 Å². The third-order valence-corrected chi connectivity index (χ3v) is 5.18. The maximum absolute atomic E-state index is 12.5. The number of amides is 1. The van der Waals surface area contributed by atoms with E-state index >= 15 is 0 Å². The number of aryl methyl sites for hydroxylation is 1. The Balaban J connectivity index is 1.63. The molecular weight excluding hydrogens is 380 g/mol. The van der Waals surface area contributed by atoms with E-state index in [4.69, 9.17) is 16.3 Å². The largest absolute Gasteiger partial charge is 0.495 e. The van der Waals surface area contributed by atoms with Crippen LogP contribution in [-0.4, -0.2) is 35.9 Å². The molecule has 0 bridgehead atoms. The number of ether oxygens (including phenoxy) is 1. The molecule has 1 saturated heterocycles. The summed E-state index contributed by atoms with van der Waals surface area (Å²) in [6, 6.07) is 6.75. The zero-order valence-corrected chi connectivity index (χ0v) is 16.9. The van der Waals surface area contributed by atoms with Gasteiger partial charge in [0.2, 0.25) is 5.91 Å². The molecule has 1 amide bonds. The summed E-state index contributed by atoms with van der Waals surface area (Å²) in [6.07, 6.45) is 4.06. The monoisotopic (exact) mass is 404 g/mol. The highest BCUT2D eigenvalue weighted by molar-refractivity contribution is 6.31. The summed E-state index contributed by atoms with van der Waals surface area (Å²) in [4.78, 5) is 26.7. The third kappa shape index (κ3) is 4.84. The van der Waals surface area contributed by atoms with Crippen molar-refractivity contribution in [3.05, 3.63) is 45.8 Å². The van der Waals surface area contributed by atoms with Crippen LogP contribution in [0.3, 0.4) is 0 Å². The van der Waals surface area contributed by atoms with Gasteiger partial charge in [-0.1, -0.05) is 11.6 Å². The van der Waals surface area contributed by atoms with E-state index in [-0.39, 0.29) is 17.4 Å². The van der Waals surface area contributed by atoms with Crippen molar-refractivity contribution in [1.82, 2.24) is 9.78 Å². The summed E-state index contributed by atoms with van der Waals surface area (Å²) < 4.78 is 6.70. The number of nitrogens with zero attached hydrogens (tertiary/aromatic N) is 3. The van der Waals surface area contributed by atoms with Crippen molar-refractivity contribution in [2.75, 3.05) is 30.4 Å². The number of aromatic nitrogens is 2. The second-order valence-corrected chi connectivity index (χ2v) is 7.36. The Morgan fingerprint density at radius 2 is 2.21 bits per heavy atom. The second-order valence-electron chi connectivity index (χ2n) is 6.92. The topological polar surface area (TPSA) is 76.5 Å². The van der Waals surface area contributed by atoms with Gasteiger partial charge >= 0.3 is 0 Å². The SMILES string of the molecule is CCn1ncc(N2CCCC(CC(=O)Nc3cc(Cl)ccc3OC)C2)cc1=O. The van der Waals surface area contributed by atoms with Crippen LogP contribution in [0.5, 0.6) is 5.75 Å². The van der Waals surface area contributed by atoms with Gasteiger partial charge in [-0.05, 0) is 43.9 Å². The fraction of sp³-hybridized carbons (Fsp3) is 0.450. The van der Waals surface area contributed by atoms with Crippen molar-refractivity contribution in [3.8, 4) is 5.75 Å². The number of halogens is 1. The first-order valence-electron chi connectivity index (χ1n) is 9.45. The zero-order valence-electron chi connectivity index (χ0n) is 16.2. The van der Waals surface area contributed by atoms with E-state index in [0.717, 1.165) is 31.6 Å². The molecule has 1 atom stereocenters. The lowest BCUT2D eigenvalue weighted by atomic mass is 9.94. The molecule has 1 aliphatic heterocycles. The molecule has 0 radical (unpaired) electrons. The van der Waals surface area contributed by atoms with Gasteiger partial charge in [0.05, 0.1) is 24.7 Å². The molecular formula is C20H25ClN4O3. The lowest BCUT2D eigenvalue weighted by Gasteiger charge is -2.34. The first-order valence-corrected chi connectivity index (χ1v) is 9.83. The standard InChI is InChI=1S/C20H25ClN4O3/c1-3-25-20(27)11-16(12-22-25)24-8-4-5-14(13-24)9-19(26)23-17-10-15(21)6-7-18(17)28-2/h6-7,10-12,14H,3-5,8-9,13H2,1-2H3,(H,23,26). The summed E-state index contributed by atoms with van der Waals surface area (Å²) >= 11 is 6.02. The Hall–Kier alpha value is -2.54. The van der Waals surface area contributed by atoms with Crippen molar-refractivity contribution in [2.45, 2.75) is 32.7 Å². The van der Waals surface area contributed by atoms with Crippen molar-refractivity contribution in [1.29, 1.82) is 0 Å². The number of benzene rings is 1. The van der Waals surface area contributed by atoms with Crippen LogP contribution < -0.4 is 20.5 Å². The van der Waals surface area contributed by atoms with Gasteiger partial charge in [-0.25, -0.2) is 4.68 Å². The van der Waals surface area contributed by atoms with Gasteiger partial charge in [0, 0.05) is 37.1 Å². The molecule has 1 aromatic heterocycles. The number of methoxy groups -OCH3 is 1. The van der Waals surface area contributed by atoms with Crippen LogP contribution in [0.25, 0.3) is 0 Å². The van der Waals surface area contributed by atoms with Crippen LogP contribution in [0, 0.1) is 5.92 Å². The highest BCUT2D eigenvalue weighted by atomic mass is 35.5. The zero-order chi connectivity index (χ0) is 20.1. The Morgan fingerprint density at radius 3 is 2.93 bits per heavy atom. The molecule has 1 fully saturated rings. The van der Waals surface area contributed by atoms with Crippen molar-refractivity contribution >= 4 is 28.9 Å². The van der Waals surface area contributed by atoms with E-state index in [1.165, 1.54) is 4.68 Å². The maximum Gasteiger partial charge on any atom is 0.268 e. The minimum Gasteiger partial charge on any atom is -0.495 e. The number of hydrogen-bond donors (Lipinski definition) is 1. The predicted molar refractivity (Wildman–Crippen MR) is 110 cm³/mol. The van der Waals surface area contributed by atoms with E-state index < -0.39 is 0 Å². The lowest BCUT2D eigenvalue weighted by molar-refractivity contribution is -0.117. The number of rotatable bonds is 6. The van der Waals surface area contributed by atoms with Crippen LogP contribution in [0.4, 0.5) is 11.4 Å². The quantitative estimate of drug-likeness (QED) is 0.800. The Morgan fingerprint density at radius 1 is 1.39 bits per heavy atom. The number of nitrogens with one attached hydrogen (secondary N) is 1. The number of hydrogen-bond acceptors (Lipinski definition) is 5. The van der Waals surface area contributed by atoms with Gasteiger partial charge < -0.3 is 15.0 Å². The summed E-state index contributed by atoms with van der Waals surface area (Å²) in [5.41, 5.74) is 1.28. The molecule has 1 aliphatic rings. The number of carbonyl (C=O) groups excluding carboxylic acids is 1. The maximum atomic E-state index is 12.5. The molecule has 28 heavy (non-hydrogen) atoms. The Bertz CT molecular complexity index is 899. The fourth-order valence-corrected chi connectivity index (χ4v) is 3.71. The van der Waals surface area contributed by atoms with Crippen LogP contribution >= 0.6 is 11.6 Å². The van der Waals surface area contributed by atoms with E-state index in [1.807, 2.05) is 6.92 Å². The smallest absolute Gasteiger partial charge is 0.268 e. The molecule has 2 heterocycles. The van der Waals surface area contributed by atoms with Gasteiger partial charge in [0.1, 0.15) is 5.75 Å². The van der Waals surface area contributed by atoms with Crippen LogP contribution in [0.15, 0.2) is 35.3 Å². The van der Waals surface area contributed by atoms with Crippen molar-refractivity contribution < 1.29 is 9.53 Å². The second kappa shape index (κ2) is 9.10. The first kappa shape index (κ1) is 20.2. The fourth-order valence-electron chi connectivity index (χ4n) is 3.54. The van der Waals surface area contributed by atoms with Crippen molar-refractivity contribution in [3.63, 3.8) is 0 Å². The van der Waals surface area contributed by atoms with Gasteiger partial charge in [0.15, 0.2) is 0 Å². The normalized spacial score (nSPS) is 16.7. The minimum atomic E-state index is -0.104. The van der Waals surface area contributed by atoms with Gasteiger partial charge in [0.25, 0.3) is 5.56 Å². The molecule has 0 saturated carbocycles. The first-order chi connectivity index (χ1) is 13.5. The molecule has 0 aliphatic carbocycles. The molecule has 0 spiro atoms. The number of anilines is 2. The lowest BCUT2D eigenvalue weighted by Crippen LogP contribution is -2.38. The minimum absolute atomic E-state index is 0.0769. The van der Waals surface area contributed by atoms with Crippen LogP contribution in [0.1, 0.15) is 26.2 Å². The Kier molecular flexibility index (Phi) is 6.57. The van der Waals surface area contributed by atoms with Gasteiger partial charge in [-0.15, -0.1) is 0 Å². The molecule has 2 aromatic rings. The number of piperidine rings is 1. The van der Waals surface area contributed by atoms with E-state index in [2.05, 4.69) is 15.3 Å². The molecule has 8 heteroatoms. The van der Waals surface area contributed by atoms with Gasteiger partial charge in [-0.3, -0.25) is 9.59 Å². The molecule has 1 N–H and O–H groups in total. The summed E-state index contributed by atoms with van der Waals surface area (Å²) in [6.45, 7) is 4.02. The van der Waals surface area contributed by atoms with Crippen LogP contribution in [-0.2, 0) is 11.3 Å².